The normalized spacial score (nSPS) is 24.7. The minimum absolute atomic E-state index is 0. The Morgan fingerprint density at radius 3 is 2.63 bits per heavy atom. The number of benzene rings is 1. The number of rotatable bonds is 7. The maximum absolute atomic E-state index is 5.57. The zero-order valence-corrected chi connectivity index (χ0v) is 21.9. The number of likely N-dealkylation sites (tertiary alicyclic amines) is 1. The molecular formula is C23H39IN4OS. The predicted octanol–water partition coefficient (Wildman–Crippen LogP) is 4.12. The number of hydrogen-bond donors (Lipinski definition) is 2. The van der Waals surface area contributed by atoms with E-state index in [0.29, 0.717) is 12.1 Å². The molecule has 0 radical (unpaired) electrons. The fraction of sp³-hybridized carbons (Fsp3) is 0.696. The molecule has 0 aliphatic carbocycles. The molecule has 2 fully saturated rings. The predicted molar refractivity (Wildman–Crippen MR) is 140 cm³/mol. The number of nitrogens with one attached hydrogen (secondary N) is 2. The molecule has 5 nitrogen and oxygen atoms in total. The molecule has 0 bridgehead atoms. The molecule has 2 saturated heterocycles. The Bertz CT molecular complexity index is 639. The number of thioether (sulfide) groups is 1. The molecule has 2 heterocycles. The summed E-state index contributed by atoms with van der Waals surface area (Å²) in [5.74, 6) is 0.973. The highest BCUT2D eigenvalue weighted by Gasteiger charge is 2.32. The van der Waals surface area contributed by atoms with Crippen molar-refractivity contribution >= 4 is 41.7 Å². The number of hydrogen-bond acceptors (Lipinski definition) is 4. The lowest BCUT2D eigenvalue weighted by molar-refractivity contribution is 0.0794. The smallest absolute Gasteiger partial charge is 0.191 e. The van der Waals surface area contributed by atoms with Crippen LogP contribution in [0.5, 0.6) is 0 Å². The van der Waals surface area contributed by atoms with E-state index in [1.165, 1.54) is 5.56 Å². The Labute approximate surface area is 204 Å². The standard InChI is InChI=1S/C23H38N4OS.HI/c1-4-24-22(25-18-23(29-3)11-14-28-15-12-23)26-21-10-13-27(19(2)16-21)17-20-8-6-5-7-9-20;/h5-9,19,21H,4,10-18H2,1-3H3,(H2,24,25,26);1H. The molecule has 0 spiro atoms. The van der Waals surface area contributed by atoms with Crippen molar-refractivity contribution in [2.75, 3.05) is 39.1 Å². The molecule has 7 heteroatoms. The third kappa shape index (κ3) is 7.57. The fourth-order valence-electron chi connectivity index (χ4n) is 4.31. The van der Waals surface area contributed by atoms with Gasteiger partial charge in [0.2, 0.25) is 0 Å². The van der Waals surface area contributed by atoms with Crippen molar-refractivity contribution in [3.05, 3.63) is 35.9 Å². The van der Waals surface area contributed by atoms with Gasteiger partial charge in [-0.2, -0.15) is 11.8 Å². The van der Waals surface area contributed by atoms with Crippen LogP contribution >= 0.6 is 35.7 Å². The number of guanidine groups is 1. The van der Waals surface area contributed by atoms with Crippen LogP contribution in [0.3, 0.4) is 0 Å². The maximum Gasteiger partial charge on any atom is 0.191 e. The summed E-state index contributed by atoms with van der Waals surface area (Å²) in [4.78, 5) is 7.59. The van der Waals surface area contributed by atoms with Crippen LogP contribution in [0.25, 0.3) is 0 Å². The second-order valence-corrected chi connectivity index (χ2v) is 9.64. The first-order valence-electron chi connectivity index (χ1n) is 11.1. The van der Waals surface area contributed by atoms with Gasteiger partial charge >= 0.3 is 0 Å². The maximum atomic E-state index is 5.57. The average molecular weight is 547 g/mol. The van der Waals surface area contributed by atoms with Gasteiger partial charge in [0.25, 0.3) is 0 Å². The Hall–Kier alpha value is -0.510. The SMILES string of the molecule is CCNC(=NCC1(SC)CCOCC1)NC1CCN(Cc2ccccc2)C(C)C1.I. The fourth-order valence-corrected chi connectivity index (χ4v) is 5.08. The molecule has 3 rings (SSSR count). The molecule has 0 aromatic heterocycles. The van der Waals surface area contributed by atoms with Crippen molar-refractivity contribution in [2.24, 2.45) is 4.99 Å². The molecule has 2 unspecified atom stereocenters. The number of halogens is 1. The van der Waals surface area contributed by atoms with Crippen molar-refractivity contribution in [1.82, 2.24) is 15.5 Å². The number of piperidine rings is 1. The summed E-state index contributed by atoms with van der Waals surface area (Å²) in [5, 5.41) is 7.19. The second-order valence-electron chi connectivity index (χ2n) is 8.37. The molecule has 0 saturated carbocycles. The van der Waals surface area contributed by atoms with Crippen LogP contribution in [-0.2, 0) is 11.3 Å². The largest absolute Gasteiger partial charge is 0.381 e. The van der Waals surface area contributed by atoms with Gasteiger partial charge in [0.15, 0.2) is 5.96 Å². The Kier molecular flexibility index (Phi) is 11.3. The van der Waals surface area contributed by atoms with E-state index in [1.54, 1.807) is 0 Å². The minimum atomic E-state index is 0. The van der Waals surface area contributed by atoms with Crippen LogP contribution in [-0.4, -0.2) is 66.8 Å². The topological polar surface area (TPSA) is 48.9 Å². The molecule has 2 aliphatic rings. The van der Waals surface area contributed by atoms with E-state index in [2.05, 4.69) is 66.0 Å². The third-order valence-corrected chi connectivity index (χ3v) is 7.69. The summed E-state index contributed by atoms with van der Waals surface area (Å²) in [6, 6.07) is 11.9. The van der Waals surface area contributed by atoms with Crippen LogP contribution in [0, 0.1) is 0 Å². The van der Waals surface area contributed by atoms with E-state index in [1.807, 2.05) is 11.8 Å². The van der Waals surface area contributed by atoms with E-state index in [-0.39, 0.29) is 28.7 Å². The van der Waals surface area contributed by atoms with Gasteiger partial charge in [0.1, 0.15) is 0 Å². The number of nitrogens with zero attached hydrogens (tertiary/aromatic N) is 2. The van der Waals surface area contributed by atoms with E-state index in [9.17, 15) is 0 Å². The third-order valence-electron chi connectivity index (χ3n) is 6.29. The van der Waals surface area contributed by atoms with E-state index < -0.39 is 0 Å². The summed E-state index contributed by atoms with van der Waals surface area (Å²) in [6.07, 6.45) is 6.70. The molecule has 2 N–H and O–H groups in total. The summed E-state index contributed by atoms with van der Waals surface area (Å²) in [7, 11) is 0. The van der Waals surface area contributed by atoms with E-state index >= 15 is 0 Å². The summed E-state index contributed by atoms with van der Waals surface area (Å²) in [6.45, 7) is 10.1. The van der Waals surface area contributed by atoms with Gasteiger partial charge in [-0.05, 0) is 51.3 Å². The highest BCUT2D eigenvalue weighted by atomic mass is 127. The van der Waals surface area contributed by atoms with Crippen molar-refractivity contribution < 1.29 is 4.74 Å². The van der Waals surface area contributed by atoms with E-state index in [0.717, 1.165) is 71.0 Å². The van der Waals surface area contributed by atoms with E-state index in [4.69, 9.17) is 9.73 Å². The summed E-state index contributed by atoms with van der Waals surface area (Å²) < 4.78 is 5.80. The van der Waals surface area contributed by atoms with Gasteiger partial charge in [-0.1, -0.05) is 30.3 Å². The Morgan fingerprint density at radius 1 is 1.27 bits per heavy atom. The quantitative estimate of drug-likeness (QED) is 0.306. The molecule has 2 aliphatic heterocycles. The summed E-state index contributed by atoms with van der Waals surface area (Å²) in [5.41, 5.74) is 1.40. The molecule has 30 heavy (non-hydrogen) atoms. The minimum Gasteiger partial charge on any atom is -0.381 e. The highest BCUT2D eigenvalue weighted by Crippen LogP contribution is 2.34. The van der Waals surface area contributed by atoms with Gasteiger partial charge in [-0.3, -0.25) is 9.89 Å². The van der Waals surface area contributed by atoms with Crippen molar-refractivity contribution in [3.63, 3.8) is 0 Å². The highest BCUT2D eigenvalue weighted by molar-refractivity contribution is 14.0. The van der Waals surface area contributed by atoms with Crippen LogP contribution < -0.4 is 10.6 Å². The van der Waals surface area contributed by atoms with Gasteiger partial charge in [0, 0.05) is 49.7 Å². The molecule has 1 aromatic rings. The number of ether oxygens (including phenoxy) is 1. The van der Waals surface area contributed by atoms with Gasteiger partial charge in [-0.15, -0.1) is 24.0 Å². The lowest BCUT2D eigenvalue weighted by Crippen LogP contribution is -2.51. The van der Waals surface area contributed by atoms with Crippen molar-refractivity contribution in [2.45, 2.75) is 62.9 Å². The van der Waals surface area contributed by atoms with Gasteiger partial charge in [-0.25, -0.2) is 0 Å². The van der Waals surface area contributed by atoms with Crippen LogP contribution in [0.15, 0.2) is 35.3 Å². The first kappa shape index (κ1) is 25.7. The number of aliphatic imine (C=N–C) groups is 1. The zero-order valence-electron chi connectivity index (χ0n) is 18.7. The monoisotopic (exact) mass is 546 g/mol. The molecule has 0 amide bonds. The molecule has 1 aromatic carbocycles. The van der Waals surface area contributed by atoms with Crippen molar-refractivity contribution in [3.8, 4) is 0 Å². The lowest BCUT2D eigenvalue weighted by Gasteiger charge is -2.38. The van der Waals surface area contributed by atoms with Crippen LogP contribution in [0.4, 0.5) is 0 Å². The van der Waals surface area contributed by atoms with Gasteiger partial charge in [0.05, 0.1) is 6.54 Å². The van der Waals surface area contributed by atoms with Crippen molar-refractivity contribution in [1.29, 1.82) is 0 Å². The average Bonchev–Trinajstić information content (AvgIpc) is 2.75. The first-order valence-corrected chi connectivity index (χ1v) is 12.3. The van der Waals surface area contributed by atoms with Crippen LogP contribution in [0.1, 0.15) is 45.1 Å². The van der Waals surface area contributed by atoms with Gasteiger partial charge < -0.3 is 15.4 Å². The Balaban J connectivity index is 0.00000320. The molecule has 2 atom stereocenters. The Morgan fingerprint density at radius 2 is 2.00 bits per heavy atom. The molecular weight excluding hydrogens is 507 g/mol. The summed E-state index contributed by atoms with van der Waals surface area (Å²) >= 11 is 1.95. The lowest BCUT2D eigenvalue weighted by atomic mass is 9.97. The first-order chi connectivity index (χ1) is 14.1. The zero-order chi connectivity index (χ0) is 20.5. The molecule has 170 valence electrons. The van der Waals surface area contributed by atoms with Crippen LogP contribution in [0.2, 0.25) is 0 Å². The second kappa shape index (κ2) is 13.1.